The van der Waals surface area contributed by atoms with Crippen molar-refractivity contribution in [1.82, 2.24) is 9.97 Å². The Morgan fingerprint density at radius 2 is 2.43 bits per heavy atom. The average molecular weight is 326 g/mol. The Morgan fingerprint density at radius 3 is 3.07 bits per heavy atom. The lowest BCUT2D eigenvalue weighted by Crippen LogP contribution is -2.11. The van der Waals surface area contributed by atoms with Crippen LogP contribution < -0.4 is 5.56 Å². The third-order valence-electron chi connectivity index (χ3n) is 1.32. The lowest BCUT2D eigenvalue weighted by Gasteiger charge is -1.99. The minimum absolute atomic E-state index is 0.0647. The maximum Gasteiger partial charge on any atom is 0.304 e. The van der Waals surface area contributed by atoms with Crippen LogP contribution in [0.25, 0.3) is 0 Å². The number of carboxylic acids is 1. The fraction of sp³-hybridized carbons (Fsp3) is 0.286. The number of aliphatic carboxylic acids is 1. The Kier molecular flexibility index (Phi) is 4.39. The van der Waals surface area contributed by atoms with Crippen LogP contribution in [0.3, 0.4) is 0 Å². The molecule has 0 unspecified atom stereocenters. The lowest BCUT2D eigenvalue weighted by atomic mass is 10.5. The highest BCUT2D eigenvalue weighted by molar-refractivity contribution is 14.1. The van der Waals surface area contributed by atoms with Gasteiger partial charge in [0, 0.05) is 5.75 Å². The second kappa shape index (κ2) is 5.35. The third-order valence-corrected chi connectivity index (χ3v) is 3.68. The first-order valence-electron chi connectivity index (χ1n) is 3.69. The number of aromatic amines is 1. The van der Waals surface area contributed by atoms with Crippen LogP contribution in [0.1, 0.15) is 6.42 Å². The molecular weight excluding hydrogens is 319 g/mol. The summed E-state index contributed by atoms with van der Waals surface area (Å²) < 4.78 is 0.500. The third kappa shape index (κ3) is 3.29. The number of H-pyrrole nitrogens is 1. The van der Waals surface area contributed by atoms with Crippen LogP contribution in [-0.4, -0.2) is 26.8 Å². The van der Waals surface area contributed by atoms with E-state index in [9.17, 15) is 9.59 Å². The van der Waals surface area contributed by atoms with Crippen LogP contribution >= 0.6 is 34.4 Å². The first-order valence-corrected chi connectivity index (χ1v) is 5.75. The van der Waals surface area contributed by atoms with Crippen LogP contribution in [0.2, 0.25) is 0 Å². The van der Waals surface area contributed by atoms with E-state index in [2.05, 4.69) is 9.97 Å². The van der Waals surface area contributed by atoms with Crippen LogP contribution in [0, 0.1) is 3.57 Å². The zero-order chi connectivity index (χ0) is 10.6. The van der Waals surface area contributed by atoms with Gasteiger partial charge in [-0.25, -0.2) is 4.98 Å². The molecule has 0 bridgehead atoms. The summed E-state index contributed by atoms with van der Waals surface area (Å²) in [6.07, 6.45) is 1.38. The van der Waals surface area contributed by atoms with Crippen LogP contribution in [0.15, 0.2) is 16.1 Å². The molecule has 0 radical (unpaired) electrons. The van der Waals surface area contributed by atoms with E-state index in [1.807, 2.05) is 22.6 Å². The number of aromatic nitrogens is 2. The maximum atomic E-state index is 11.1. The summed E-state index contributed by atoms with van der Waals surface area (Å²) in [6, 6.07) is 0. The smallest absolute Gasteiger partial charge is 0.304 e. The number of carboxylic acid groups (broad SMARTS) is 1. The van der Waals surface area contributed by atoms with Crippen LogP contribution in [0.5, 0.6) is 0 Å². The van der Waals surface area contributed by atoms with E-state index >= 15 is 0 Å². The van der Waals surface area contributed by atoms with Gasteiger partial charge in [0.2, 0.25) is 0 Å². The van der Waals surface area contributed by atoms with Gasteiger partial charge in [0.1, 0.15) is 8.60 Å². The normalized spacial score (nSPS) is 10.1. The Hall–Kier alpha value is -0.570. The Bertz CT molecular complexity index is 393. The molecule has 0 fully saturated rings. The quantitative estimate of drug-likeness (QED) is 0.489. The highest BCUT2D eigenvalue weighted by Gasteiger charge is 2.06. The number of hydrogen-bond acceptors (Lipinski definition) is 4. The molecule has 0 amide bonds. The molecule has 7 heteroatoms. The summed E-state index contributed by atoms with van der Waals surface area (Å²) >= 11 is 3.16. The molecule has 0 atom stereocenters. The molecule has 1 aromatic heterocycles. The highest BCUT2D eigenvalue weighted by atomic mass is 127. The zero-order valence-electron chi connectivity index (χ0n) is 6.99. The van der Waals surface area contributed by atoms with E-state index in [4.69, 9.17) is 5.11 Å². The fourth-order valence-electron chi connectivity index (χ4n) is 0.702. The van der Waals surface area contributed by atoms with Gasteiger partial charge in [-0.2, -0.15) is 0 Å². The van der Waals surface area contributed by atoms with Crippen molar-refractivity contribution in [2.75, 3.05) is 5.75 Å². The number of hydrogen-bond donors (Lipinski definition) is 2. The predicted octanol–water partition coefficient (Wildman–Crippen LogP) is 0.941. The molecule has 1 heterocycles. The molecule has 0 saturated carbocycles. The first-order chi connectivity index (χ1) is 6.61. The average Bonchev–Trinajstić information content (AvgIpc) is 2.12. The molecular formula is C7H7IN2O3S. The van der Waals surface area contributed by atoms with Crippen molar-refractivity contribution >= 4 is 40.3 Å². The summed E-state index contributed by atoms with van der Waals surface area (Å²) in [4.78, 5) is 27.7. The van der Waals surface area contributed by atoms with Gasteiger partial charge in [-0.1, -0.05) is 0 Å². The minimum Gasteiger partial charge on any atom is -0.481 e. The number of rotatable bonds is 4. The standard InChI is InChI=1S/C7H7IN2O3S/c8-5-6(13)9-3-10-7(5)14-2-1-4(11)12/h3H,1-2H2,(H,11,12)(H,9,10,13). The van der Waals surface area contributed by atoms with Crippen molar-refractivity contribution in [1.29, 1.82) is 0 Å². The molecule has 2 N–H and O–H groups in total. The van der Waals surface area contributed by atoms with E-state index in [-0.39, 0.29) is 12.0 Å². The summed E-state index contributed by atoms with van der Waals surface area (Å²) in [5.41, 5.74) is -0.196. The Morgan fingerprint density at radius 1 is 1.71 bits per heavy atom. The minimum atomic E-state index is -0.850. The molecule has 0 aliphatic rings. The maximum absolute atomic E-state index is 11.1. The van der Waals surface area contributed by atoms with Crippen molar-refractivity contribution < 1.29 is 9.90 Å². The van der Waals surface area contributed by atoms with Crippen molar-refractivity contribution in [2.24, 2.45) is 0 Å². The number of thioether (sulfide) groups is 1. The molecule has 1 aromatic rings. The van der Waals surface area contributed by atoms with E-state index in [0.29, 0.717) is 14.3 Å². The molecule has 14 heavy (non-hydrogen) atoms. The summed E-state index contributed by atoms with van der Waals surface area (Å²) in [6.45, 7) is 0. The molecule has 0 aromatic carbocycles. The monoisotopic (exact) mass is 326 g/mol. The van der Waals surface area contributed by atoms with Crippen LogP contribution in [0.4, 0.5) is 0 Å². The van der Waals surface area contributed by atoms with Gasteiger partial charge < -0.3 is 10.1 Å². The zero-order valence-corrected chi connectivity index (χ0v) is 9.96. The molecule has 0 spiro atoms. The highest BCUT2D eigenvalue weighted by Crippen LogP contribution is 2.18. The fourth-order valence-corrected chi connectivity index (χ4v) is 2.28. The van der Waals surface area contributed by atoms with Gasteiger partial charge in [-0.3, -0.25) is 9.59 Å². The Labute approximate surface area is 97.5 Å². The number of nitrogens with one attached hydrogen (secondary N) is 1. The second-order valence-electron chi connectivity index (χ2n) is 2.34. The Balaban J connectivity index is 2.63. The van der Waals surface area contributed by atoms with E-state index in [1.54, 1.807) is 0 Å². The second-order valence-corrected chi connectivity index (χ2v) is 4.51. The van der Waals surface area contributed by atoms with Gasteiger partial charge in [-0.15, -0.1) is 11.8 Å². The molecule has 76 valence electrons. The molecule has 0 aliphatic carbocycles. The topological polar surface area (TPSA) is 83.0 Å². The van der Waals surface area contributed by atoms with E-state index < -0.39 is 5.97 Å². The van der Waals surface area contributed by atoms with E-state index in [0.717, 1.165) is 0 Å². The van der Waals surface area contributed by atoms with Crippen molar-refractivity contribution in [3.8, 4) is 0 Å². The summed E-state index contributed by atoms with van der Waals surface area (Å²) in [5.74, 6) is -0.431. The molecule has 0 saturated heterocycles. The van der Waals surface area contributed by atoms with Crippen molar-refractivity contribution in [3.63, 3.8) is 0 Å². The SMILES string of the molecule is O=C(O)CCSc1nc[nH]c(=O)c1I. The summed E-state index contributed by atoms with van der Waals surface area (Å²) in [5, 5.41) is 8.99. The number of nitrogens with zero attached hydrogens (tertiary/aromatic N) is 1. The van der Waals surface area contributed by atoms with Crippen LogP contribution in [-0.2, 0) is 4.79 Å². The number of halogens is 1. The molecule has 5 nitrogen and oxygen atoms in total. The van der Waals surface area contributed by atoms with Crippen molar-refractivity contribution in [3.05, 3.63) is 20.3 Å². The van der Waals surface area contributed by atoms with Gasteiger partial charge in [-0.05, 0) is 22.6 Å². The molecule has 1 rings (SSSR count). The predicted molar refractivity (Wildman–Crippen MR) is 60.6 cm³/mol. The largest absolute Gasteiger partial charge is 0.481 e. The van der Waals surface area contributed by atoms with Gasteiger partial charge >= 0.3 is 5.97 Å². The van der Waals surface area contributed by atoms with Gasteiger partial charge in [0.15, 0.2) is 0 Å². The summed E-state index contributed by atoms with van der Waals surface area (Å²) in [7, 11) is 0. The van der Waals surface area contributed by atoms with E-state index in [1.165, 1.54) is 18.1 Å². The van der Waals surface area contributed by atoms with Gasteiger partial charge in [0.05, 0.1) is 12.7 Å². The first kappa shape index (κ1) is 11.5. The van der Waals surface area contributed by atoms with Gasteiger partial charge in [0.25, 0.3) is 5.56 Å². The molecule has 0 aliphatic heterocycles. The number of carbonyl (C=O) groups is 1. The van der Waals surface area contributed by atoms with Crippen molar-refractivity contribution in [2.45, 2.75) is 11.4 Å². The lowest BCUT2D eigenvalue weighted by molar-refractivity contribution is -0.136.